The van der Waals surface area contributed by atoms with Gasteiger partial charge in [0.1, 0.15) is 5.75 Å². The third-order valence-corrected chi connectivity index (χ3v) is 2.68. The molecule has 3 heteroatoms. The van der Waals surface area contributed by atoms with Gasteiger partial charge in [0.05, 0.1) is 0 Å². The zero-order valence-electron chi connectivity index (χ0n) is 9.73. The molecule has 3 N–H and O–H groups in total. The van der Waals surface area contributed by atoms with Crippen LogP contribution in [0, 0.1) is 13.8 Å². The van der Waals surface area contributed by atoms with Crippen molar-refractivity contribution in [2.45, 2.75) is 13.8 Å². The minimum atomic E-state index is -0.213. The lowest BCUT2D eigenvalue weighted by Gasteiger charge is -2.10. The van der Waals surface area contributed by atoms with E-state index in [-0.39, 0.29) is 17.2 Å². The largest absolute Gasteiger partial charge is 0.507 e. The third-order valence-electron chi connectivity index (χ3n) is 2.68. The molecule has 3 nitrogen and oxygen atoms in total. The predicted octanol–water partition coefficient (Wildman–Crippen LogP) is 3.09. The Kier molecular flexibility index (Phi) is 2.68. The fraction of sp³-hybridized carbons (Fsp3) is 0.143. The summed E-state index contributed by atoms with van der Waals surface area (Å²) < 4.78 is 0. The zero-order valence-corrected chi connectivity index (χ0v) is 9.73. The zero-order chi connectivity index (χ0) is 12.6. The summed E-state index contributed by atoms with van der Waals surface area (Å²) in [7, 11) is 0. The lowest BCUT2D eigenvalue weighted by molar-refractivity contribution is 0.404. The van der Waals surface area contributed by atoms with E-state index in [1.165, 1.54) is 6.07 Å². The first-order valence-corrected chi connectivity index (χ1v) is 5.31. The fourth-order valence-corrected chi connectivity index (χ4v) is 1.83. The van der Waals surface area contributed by atoms with Crippen LogP contribution >= 0.6 is 0 Å². The Labute approximate surface area is 99.6 Å². The molecular formula is C14H14O3. The lowest BCUT2D eigenvalue weighted by Crippen LogP contribution is -1.84. The van der Waals surface area contributed by atoms with E-state index in [0.717, 1.165) is 11.1 Å². The van der Waals surface area contributed by atoms with E-state index in [1.54, 1.807) is 18.2 Å². The highest BCUT2D eigenvalue weighted by atomic mass is 16.3. The van der Waals surface area contributed by atoms with E-state index in [2.05, 4.69) is 0 Å². The Morgan fingerprint density at radius 1 is 0.706 bits per heavy atom. The first kappa shape index (κ1) is 11.3. The van der Waals surface area contributed by atoms with Crippen LogP contribution in [-0.4, -0.2) is 15.3 Å². The van der Waals surface area contributed by atoms with Crippen LogP contribution in [0.25, 0.3) is 11.1 Å². The minimum Gasteiger partial charge on any atom is -0.507 e. The van der Waals surface area contributed by atoms with Crippen LogP contribution in [0.1, 0.15) is 11.1 Å². The average Bonchev–Trinajstić information content (AvgIpc) is 2.24. The molecule has 0 aliphatic carbocycles. The summed E-state index contributed by atoms with van der Waals surface area (Å²) >= 11 is 0. The van der Waals surface area contributed by atoms with Crippen molar-refractivity contribution >= 4 is 0 Å². The Balaban J connectivity index is 2.68. The van der Waals surface area contributed by atoms with E-state index >= 15 is 0 Å². The van der Waals surface area contributed by atoms with Gasteiger partial charge in [-0.15, -0.1) is 0 Å². The topological polar surface area (TPSA) is 60.7 Å². The molecule has 2 aromatic rings. The number of hydrogen-bond donors (Lipinski definition) is 3. The maximum absolute atomic E-state index is 9.86. The van der Waals surface area contributed by atoms with Gasteiger partial charge in [0.2, 0.25) is 0 Å². The minimum absolute atomic E-state index is 0.0882. The van der Waals surface area contributed by atoms with Crippen molar-refractivity contribution in [2.75, 3.05) is 0 Å². The molecule has 0 unspecified atom stereocenters. The first-order valence-electron chi connectivity index (χ1n) is 5.31. The Morgan fingerprint density at radius 2 is 1.35 bits per heavy atom. The standard InChI is InChI=1S/C14H14O3/c1-8-3-4-10(12(15)6-8)11-5-9(2)7-13(16)14(11)17/h3-7,15-17H,1-2H3. The van der Waals surface area contributed by atoms with Gasteiger partial charge >= 0.3 is 0 Å². The number of aromatic hydroxyl groups is 3. The Morgan fingerprint density at radius 3 is 2.00 bits per heavy atom. The number of aryl methyl sites for hydroxylation is 2. The van der Waals surface area contributed by atoms with E-state index in [1.807, 2.05) is 19.9 Å². The highest BCUT2D eigenvalue weighted by molar-refractivity contribution is 5.78. The lowest BCUT2D eigenvalue weighted by atomic mass is 9.99. The van der Waals surface area contributed by atoms with E-state index in [0.29, 0.717) is 11.1 Å². The summed E-state index contributed by atoms with van der Waals surface area (Å²) in [5.74, 6) is -0.306. The van der Waals surface area contributed by atoms with Crippen molar-refractivity contribution in [3.8, 4) is 28.4 Å². The van der Waals surface area contributed by atoms with Crippen LogP contribution in [-0.2, 0) is 0 Å². The molecule has 0 bridgehead atoms. The molecule has 0 heterocycles. The molecular weight excluding hydrogens is 216 g/mol. The third kappa shape index (κ3) is 2.04. The second-order valence-corrected chi connectivity index (χ2v) is 4.20. The maximum Gasteiger partial charge on any atom is 0.165 e. The molecule has 0 aromatic heterocycles. The summed E-state index contributed by atoms with van der Waals surface area (Å²) in [6.07, 6.45) is 0. The van der Waals surface area contributed by atoms with Crippen LogP contribution in [0.4, 0.5) is 0 Å². The van der Waals surface area contributed by atoms with Crippen molar-refractivity contribution in [3.63, 3.8) is 0 Å². The van der Waals surface area contributed by atoms with Gasteiger partial charge in [0.25, 0.3) is 0 Å². The second-order valence-electron chi connectivity index (χ2n) is 4.20. The molecule has 88 valence electrons. The summed E-state index contributed by atoms with van der Waals surface area (Å²) in [5.41, 5.74) is 2.69. The molecule has 0 aliphatic heterocycles. The van der Waals surface area contributed by atoms with Crippen molar-refractivity contribution in [2.24, 2.45) is 0 Å². The van der Waals surface area contributed by atoms with Gasteiger partial charge in [-0.1, -0.05) is 12.1 Å². The molecule has 2 rings (SSSR count). The number of hydrogen-bond acceptors (Lipinski definition) is 3. The van der Waals surface area contributed by atoms with Gasteiger partial charge in [-0.25, -0.2) is 0 Å². The summed E-state index contributed by atoms with van der Waals surface area (Å²) in [6, 6.07) is 8.38. The van der Waals surface area contributed by atoms with Gasteiger partial charge in [-0.2, -0.15) is 0 Å². The molecule has 0 atom stereocenters. The molecule has 2 aromatic carbocycles. The van der Waals surface area contributed by atoms with Crippen LogP contribution < -0.4 is 0 Å². The SMILES string of the molecule is Cc1ccc(-c2cc(C)cc(O)c2O)c(O)c1. The number of phenols is 3. The molecule has 0 amide bonds. The Hall–Kier alpha value is -2.16. The van der Waals surface area contributed by atoms with Gasteiger partial charge in [0, 0.05) is 11.1 Å². The average molecular weight is 230 g/mol. The van der Waals surface area contributed by atoms with Crippen molar-refractivity contribution in [3.05, 3.63) is 41.5 Å². The van der Waals surface area contributed by atoms with Gasteiger partial charge in [-0.05, 0) is 43.2 Å². The fourth-order valence-electron chi connectivity index (χ4n) is 1.83. The predicted molar refractivity (Wildman–Crippen MR) is 66.3 cm³/mol. The molecule has 0 saturated carbocycles. The monoisotopic (exact) mass is 230 g/mol. The van der Waals surface area contributed by atoms with Gasteiger partial charge in [0.15, 0.2) is 11.5 Å². The highest BCUT2D eigenvalue weighted by Crippen LogP contribution is 2.41. The summed E-state index contributed by atoms with van der Waals surface area (Å²) in [4.78, 5) is 0. The van der Waals surface area contributed by atoms with E-state index in [9.17, 15) is 15.3 Å². The molecule has 0 spiro atoms. The van der Waals surface area contributed by atoms with Gasteiger partial charge in [-0.3, -0.25) is 0 Å². The van der Waals surface area contributed by atoms with Crippen molar-refractivity contribution < 1.29 is 15.3 Å². The first-order chi connectivity index (χ1) is 7.99. The number of rotatable bonds is 1. The van der Waals surface area contributed by atoms with Crippen LogP contribution in [0.2, 0.25) is 0 Å². The Bertz CT molecular complexity index is 574. The van der Waals surface area contributed by atoms with Gasteiger partial charge < -0.3 is 15.3 Å². The quantitative estimate of drug-likeness (QED) is 0.660. The number of benzene rings is 2. The molecule has 0 saturated heterocycles. The molecule has 0 radical (unpaired) electrons. The van der Waals surface area contributed by atoms with Crippen molar-refractivity contribution in [1.82, 2.24) is 0 Å². The van der Waals surface area contributed by atoms with Crippen molar-refractivity contribution in [1.29, 1.82) is 0 Å². The smallest absolute Gasteiger partial charge is 0.165 e. The van der Waals surface area contributed by atoms with Crippen LogP contribution in [0.15, 0.2) is 30.3 Å². The molecule has 0 aliphatic rings. The van der Waals surface area contributed by atoms with Crippen LogP contribution in [0.3, 0.4) is 0 Å². The molecule has 0 fully saturated rings. The summed E-state index contributed by atoms with van der Waals surface area (Å²) in [6.45, 7) is 3.69. The summed E-state index contributed by atoms with van der Waals surface area (Å²) in [5, 5.41) is 29.2. The van der Waals surface area contributed by atoms with E-state index in [4.69, 9.17) is 0 Å². The van der Waals surface area contributed by atoms with E-state index < -0.39 is 0 Å². The molecule has 17 heavy (non-hydrogen) atoms. The maximum atomic E-state index is 9.86. The normalized spacial score (nSPS) is 10.5. The second kappa shape index (κ2) is 4.01. The number of phenolic OH excluding ortho intramolecular Hbond substituents is 3. The van der Waals surface area contributed by atoms with Crippen LogP contribution in [0.5, 0.6) is 17.2 Å². The highest BCUT2D eigenvalue weighted by Gasteiger charge is 2.13.